The first-order valence-corrected chi connectivity index (χ1v) is 14.1. The summed E-state index contributed by atoms with van der Waals surface area (Å²) in [6.45, 7) is 0. The molecule has 0 spiro atoms. The molecule has 10 heteroatoms. The lowest BCUT2D eigenvalue weighted by Gasteiger charge is -2.08. The van der Waals surface area contributed by atoms with Crippen LogP contribution in [0.4, 0.5) is 0 Å². The molecule has 0 unspecified atom stereocenters. The molecule has 42 heavy (non-hydrogen) atoms. The van der Waals surface area contributed by atoms with Gasteiger partial charge < -0.3 is 0 Å². The van der Waals surface area contributed by atoms with Crippen LogP contribution in [-0.2, 0) is 0 Å². The average Bonchev–Trinajstić information content (AvgIpc) is 3.00. The second-order valence-corrected chi connectivity index (χ2v) is 10.2. The van der Waals surface area contributed by atoms with Crippen molar-refractivity contribution in [2.45, 2.75) is 0 Å². The average molecular weight is 630 g/mol. The first kappa shape index (κ1) is 29.3. The lowest BCUT2D eigenvalue weighted by molar-refractivity contribution is 1.12. The smallest absolute Gasteiger partial charge is 0.0895 e. The molecule has 0 aliphatic heterocycles. The van der Waals surface area contributed by atoms with E-state index in [0.717, 1.165) is 0 Å². The van der Waals surface area contributed by atoms with Gasteiger partial charge in [0.15, 0.2) is 0 Å². The van der Waals surface area contributed by atoms with Crippen molar-refractivity contribution >= 4 is 95.0 Å². The maximum absolute atomic E-state index is 6.35. The van der Waals surface area contributed by atoms with Crippen LogP contribution in [0.2, 0.25) is 20.1 Å². The number of rotatable bonds is 8. The highest BCUT2D eigenvalue weighted by atomic mass is 35.5. The van der Waals surface area contributed by atoms with Crippen LogP contribution in [0.3, 0.4) is 0 Å². The van der Waals surface area contributed by atoms with Crippen LogP contribution in [0.5, 0.6) is 0 Å². The number of hydrogen-bond donors (Lipinski definition) is 0. The van der Waals surface area contributed by atoms with Gasteiger partial charge in [-0.2, -0.15) is 0 Å². The van der Waals surface area contributed by atoms with Gasteiger partial charge >= 0.3 is 0 Å². The van der Waals surface area contributed by atoms with Crippen LogP contribution in [0.1, 0.15) is 45.6 Å². The fraction of sp³-hybridized carbons (Fsp3) is 0. The Kier molecular flexibility index (Phi) is 9.85. The van der Waals surface area contributed by atoms with Gasteiger partial charge in [0.2, 0.25) is 0 Å². The standard InChI is InChI=1S/C32H20Cl4N6/c33-21-5-1-17-37-25(21)9-13-29-30(14-10-26-22(34)6-2-18-38-26)42-32(16-12-28-24(36)8-4-20-40-28)31(41-29)15-11-27-23(35)7-3-19-39-27/h1-20H. The van der Waals surface area contributed by atoms with E-state index in [1.165, 1.54) is 0 Å². The van der Waals surface area contributed by atoms with Crippen molar-refractivity contribution in [3.05, 3.63) is 139 Å². The zero-order chi connectivity index (χ0) is 29.3. The molecular weight excluding hydrogens is 610 g/mol. The van der Waals surface area contributed by atoms with E-state index in [2.05, 4.69) is 19.9 Å². The van der Waals surface area contributed by atoms with Gasteiger partial charge in [0.1, 0.15) is 0 Å². The summed E-state index contributed by atoms with van der Waals surface area (Å²) in [5.41, 5.74) is 4.59. The van der Waals surface area contributed by atoms with E-state index in [1.54, 1.807) is 122 Å². The summed E-state index contributed by atoms with van der Waals surface area (Å²) in [4.78, 5) is 27.3. The minimum Gasteiger partial charge on any atom is -0.255 e. The van der Waals surface area contributed by atoms with Crippen LogP contribution in [-0.4, -0.2) is 29.9 Å². The third kappa shape index (κ3) is 7.55. The van der Waals surface area contributed by atoms with Crippen LogP contribution < -0.4 is 0 Å². The molecule has 0 saturated heterocycles. The molecule has 5 heterocycles. The van der Waals surface area contributed by atoms with Gasteiger partial charge in [0, 0.05) is 24.8 Å². The van der Waals surface area contributed by atoms with Gasteiger partial charge in [-0.1, -0.05) is 46.4 Å². The molecule has 0 amide bonds. The molecule has 0 aliphatic rings. The first-order chi connectivity index (χ1) is 20.5. The molecule has 0 fully saturated rings. The van der Waals surface area contributed by atoms with Gasteiger partial charge in [0.25, 0.3) is 0 Å². The number of aromatic nitrogens is 6. The fourth-order valence-corrected chi connectivity index (χ4v) is 4.43. The summed E-state index contributed by atoms with van der Waals surface area (Å²) < 4.78 is 0. The Labute approximate surface area is 262 Å². The molecule has 0 aromatic carbocycles. The van der Waals surface area contributed by atoms with E-state index in [4.69, 9.17) is 56.4 Å². The first-order valence-electron chi connectivity index (χ1n) is 12.5. The van der Waals surface area contributed by atoms with E-state index < -0.39 is 0 Å². The Bertz CT molecular complexity index is 1590. The molecule has 0 bridgehead atoms. The molecule has 0 aliphatic carbocycles. The Balaban J connectivity index is 1.66. The predicted molar refractivity (Wildman–Crippen MR) is 175 cm³/mol. The molecule has 0 atom stereocenters. The van der Waals surface area contributed by atoms with Crippen LogP contribution in [0, 0.1) is 0 Å². The Morgan fingerprint density at radius 2 is 0.548 bits per heavy atom. The van der Waals surface area contributed by atoms with Gasteiger partial charge in [-0.15, -0.1) is 0 Å². The SMILES string of the molecule is Clc1cccnc1C=Cc1nc(C=Cc2ncccc2Cl)c(C=Cc2ncccc2Cl)nc1C=Cc1ncccc1Cl. The van der Waals surface area contributed by atoms with Gasteiger partial charge in [-0.25, -0.2) is 9.97 Å². The summed E-state index contributed by atoms with van der Waals surface area (Å²) in [5.74, 6) is 0. The van der Waals surface area contributed by atoms with Crippen LogP contribution >= 0.6 is 46.4 Å². The van der Waals surface area contributed by atoms with Crippen molar-refractivity contribution in [2.75, 3.05) is 0 Å². The summed E-state index contributed by atoms with van der Waals surface area (Å²) in [7, 11) is 0. The molecule has 6 nitrogen and oxygen atoms in total. The van der Waals surface area contributed by atoms with Crippen molar-refractivity contribution < 1.29 is 0 Å². The Morgan fingerprint density at radius 1 is 0.333 bits per heavy atom. The molecule has 206 valence electrons. The number of nitrogens with zero attached hydrogens (tertiary/aromatic N) is 6. The van der Waals surface area contributed by atoms with E-state index in [9.17, 15) is 0 Å². The molecule has 5 aromatic rings. The Hall–Kier alpha value is -4.20. The van der Waals surface area contributed by atoms with Crippen LogP contribution in [0.25, 0.3) is 48.6 Å². The second kappa shape index (κ2) is 14.1. The topological polar surface area (TPSA) is 77.3 Å². The van der Waals surface area contributed by atoms with E-state index in [0.29, 0.717) is 65.6 Å². The quantitative estimate of drug-likeness (QED) is 0.170. The summed E-state index contributed by atoms with van der Waals surface area (Å²) in [6, 6.07) is 14.2. The molecule has 0 radical (unpaired) electrons. The van der Waals surface area contributed by atoms with E-state index >= 15 is 0 Å². The monoisotopic (exact) mass is 628 g/mol. The third-order valence-corrected chi connectivity index (χ3v) is 7.03. The van der Waals surface area contributed by atoms with Gasteiger partial charge in [-0.3, -0.25) is 19.9 Å². The summed E-state index contributed by atoms with van der Waals surface area (Å²) in [6.07, 6.45) is 21.0. The zero-order valence-electron chi connectivity index (χ0n) is 21.7. The third-order valence-electron chi connectivity index (χ3n) is 5.75. The van der Waals surface area contributed by atoms with Crippen LogP contribution in [0.15, 0.2) is 73.3 Å². The van der Waals surface area contributed by atoms with Gasteiger partial charge in [0.05, 0.1) is 65.6 Å². The van der Waals surface area contributed by atoms with Crippen molar-refractivity contribution in [2.24, 2.45) is 0 Å². The maximum Gasteiger partial charge on any atom is 0.0895 e. The normalized spacial score (nSPS) is 11.9. The summed E-state index contributed by atoms with van der Waals surface area (Å²) in [5, 5.41) is 2.04. The second-order valence-electron chi connectivity index (χ2n) is 8.58. The number of hydrogen-bond acceptors (Lipinski definition) is 6. The lowest BCUT2D eigenvalue weighted by Crippen LogP contribution is -2.00. The van der Waals surface area contributed by atoms with Crippen molar-refractivity contribution in [1.29, 1.82) is 0 Å². The molecule has 0 saturated carbocycles. The Morgan fingerprint density at radius 3 is 0.762 bits per heavy atom. The fourth-order valence-electron chi connectivity index (χ4n) is 3.69. The molecule has 5 aromatic heterocycles. The number of pyridine rings is 4. The van der Waals surface area contributed by atoms with E-state index in [1.807, 2.05) is 0 Å². The molecular formula is C32H20Cl4N6. The lowest BCUT2D eigenvalue weighted by atomic mass is 10.1. The van der Waals surface area contributed by atoms with E-state index in [-0.39, 0.29) is 0 Å². The maximum atomic E-state index is 6.35. The highest BCUT2D eigenvalue weighted by Gasteiger charge is 2.10. The van der Waals surface area contributed by atoms with Gasteiger partial charge in [-0.05, 0) is 97.1 Å². The predicted octanol–water partition coefficient (Wildman–Crippen LogP) is 9.35. The largest absolute Gasteiger partial charge is 0.255 e. The van der Waals surface area contributed by atoms with Crippen molar-refractivity contribution in [3.63, 3.8) is 0 Å². The highest BCUT2D eigenvalue weighted by Crippen LogP contribution is 2.24. The highest BCUT2D eigenvalue weighted by molar-refractivity contribution is 6.33. The minimum atomic E-state index is 0.510. The van der Waals surface area contributed by atoms with Crippen molar-refractivity contribution in [1.82, 2.24) is 29.9 Å². The minimum absolute atomic E-state index is 0.510. The molecule has 5 rings (SSSR count). The van der Waals surface area contributed by atoms with Crippen molar-refractivity contribution in [3.8, 4) is 0 Å². The zero-order valence-corrected chi connectivity index (χ0v) is 24.8. The molecule has 0 N–H and O–H groups in total. The number of halogens is 4. The summed E-state index contributed by atoms with van der Waals surface area (Å²) >= 11 is 25.4.